The number of fused-ring (bicyclic) bond motifs is 6. The Morgan fingerprint density at radius 3 is 2.53 bits per heavy atom. The summed E-state index contributed by atoms with van der Waals surface area (Å²) in [4.78, 5) is 68.7. The van der Waals surface area contributed by atoms with E-state index in [0.29, 0.717) is 38.0 Å². The number of imidazole rings is 1. The number of aromatic amines is 1. The molecule has 3 atom stereocenters. The van der Waals surface area contributed by atoms with E-state index in [2.05, 4.69) is 63.2 Å². The molecule has 0 unspecified atom stereocenters. The van der Waals surface area contributed by atoms with Crippen LogP contribution in [0.4, 0.5) is 0 Å². The molecule has 0 spiro atoms. The van der Waals surface area contributed by atoms with Crippen molar-refractivity contribution < 1.29 is 33.8 Å². The lowest BCUT2D eigenvalue weighted by molar-refractivity contribution is -0.155. The van der Waals surface area contributed by atoms with Crippen LogP contribution < -0.4 is 10.7 Å². The Labute approximate surface area is 395 Å². The second kappa shape index (κ2) is 21.8. The number of nitrogens with zero attached hydrogens (tertiary/aromatic N) is 5. The van der Waals surface area contributed by atoms with Crippen molar-refractivity contribution in [1.29, 1.82) is 0 Å². The van der Waals surface area contributed by atoms with Gasteiger partial charge in [-0.15, -0.1) is 0 Å². The largest absolute Gasteiger partial charge is 0.508 e. The van der Waals surface area contributed by atoms with Gasteiger partial charge in [0.15, 0.2) is 5.82 Å². The number of amides is 3. The van der Waals surface area contributed by atoms with Gasteiger partial charge in [0.2, 0.25) is 5.91 Å². The quantitative estimate of drug-likeness (QED) is 0.133. The molecule has 4 N–H and O–H groups in total. The molecule has 1 saturated heterocycles. The van der Waals surface area contributed by atoms with Gasteiger partial charge in [-0.05, 0) is 90.3 Å². The van der Waals surface area contributed by atoms with Gasteiger partial charge in [0, 0.05) is 80.3 Å². The molecule has 18 heteroatoms. The van der Waals surface area contributed by atoms with Crippen LogP contribution in [0.25, 0.3) is 33.3 Å². The number of hydrogen-bond donors (Lipinski definition) is 4. The molecule has 2 aliphatic rings. The number of aryl methyl sites for hydroxylation is 1. The summed E-state index contributed by atoms with van der Waals surface area (Å²) >= 11 is 0. The van der Waals surface area contributed by atoms with Gasteiger partial charge in [-0.2, -0.15) is 40.5 Å². The topological polar surface area (TPSA) is 184 Å². The Morgan fingerprint density at radius 2 is 1.84 bits per heavy atom. The van der Waals surface area contributed by atoms with E-state index in [0.717, 1.165) is 44.4 Å². The number of carbonyl (C=O) groups is 4. The Balaban J connectivity index is 0.00000299. The fourth-order valence-corrected chi connectivity index (χ4v) is 8.79. The third-order valence-corrected chi connectivity index (χ3v) is 11.7. The number of ether oxygens (including phenoxy) is 2. The predicted molar refractivity (Wildman–Crippen MR) is 261 cm³/mol. The van der Waals surface area contributed by atoms with E-state index in [-0.39, 0.29) is 77.6 Å². The number of aromatic hydroxyl groups is 1. The van der Waals surface area contributed by atoms with Crippen molar-refractivity contribution in [1.82, 2.24) is 40.2 Å². The van der Waals surface area contributed by atoms with Gasteiger partial charge in [-0.3, -0.25) is 29.2 Å². The molecule has 6 bridgehead atoms. The van der Waals surface area contributed by atoms with Crippen molar-refractivity contribution in [3.8, 4) is 28.1 Å². The Kier molecular flexibility index (Phi) is 17.6. The SMILES string of the molecule is CCn1c(-c2cnccc2COC)c2c3cc(ccc31)-c1cc(O)cc(c1)C[C@H](NC(=O)[C@H](C(C)C)N(C)C(=O)c1ncc[nH]1)C(=O)N1CCC[C@H](N1)C(=O)OCC(C)(C)C2.S.S.S. The molecule has 0 aliphatic carbocycles. The highest BCUT2D eigenvalue weighted by molar-refractivity contribution is 7.59. The summed E-state index contributed by atoms with van der Waals surface area (Å²) in [5, 5.41) is 16.6. The van der Waals surface area contributed by atoms with Crippen LogP contribution >= 0.6 is 40.5 Å². The number of cyclic esters (lactones) is 1. The summed E-state index contributed by atoms with van der Waals surface area (Å²) in [5.41, 5.74) is 9.77. The number of hydrazine groups is 1. The fourth-order valence-electron chi connectivity index (χ4n) is 8.79. The first-order chi connectivity index (χ1) is 29.2. The van der Waals surface area contributed by atoms with Gasteiger partial charge in [0.05, 0.1) is 18.9 Å². The number of benzene rings is 2. The van der Waals surface area contributed by atoms with E-state index < -0.39 is 47.2 Å². The van der Waals surface area contributed by atoms with E-state index in [1.165, 1.54) is 29.4 Å². The van der Waals surface area contributed by atoms with Gasteiger partial charge in [-0.25, -0.2) is 10.4 Å². The van der Waals surface area contributed by atoms with E-state index in [1.807, 2.05) is 38.2 Å². The average Bonchev–Trinajstić information content (AvgIpc) is 3.88. The highest BCUT2D eigenvalue weighted by Crippen LogP contribution is 2.41. The summed E-state index contributed by atoms with van der Waals surface area (Å²) in [6, 6.07) is 10.5. The van der Waals surface area contributed by atoms with Crippen LogP contribution in [-0.4, -0.2) is 104 Å². The van der Waals surface area contributed by atoms with Crippen molar-refractivity contribution in [2.45, 2.75) is 91.6 Å². The van der Waals surface area contributed by atoms with Crippen molar-refractivity contribution >= 4 is 75.1 Å². The molecule has 5 heterocycles. The maximum absolute atomic E-state index is 14.6. The zero-order valence-corrected chi connectivity index (χ0v) is 40.4. The van der Waals surface area contributed by atoms with Gasteiger partial charge in [0.1, 0.15) is 23.9 Å². The summed E-state index contributed by atoms with van der Waals surface area (Å²) < 4.78 is 14.0. The third kappa shape index (κ3) is 10.9. The van der Waals surface area contributed by atoms with Gasteiger partial charge < -0.3 is 34.3 Å². The molecule has 2 aliphatic heterocycles. The first-order valence-corrected chi connectivity index (χ1v) is 20.9. The zero-order valence-electron chi connectivity index (χ0n) is 37.4. The lowest BCUT2D eigenvalue weighted by Crippen LogP contribution is -2.62. The minimum atomic E-state index is -1.15. The molecule has 7 rings (SSSR count). The normalized spacial score (nSPS) is 17.8. The number of esters is 1. The third-order valence-electron chi connectivity index (χ3n) is 11.7. The van der Waals surface area contributed by atoms with Crippen LogP contribution in [0, 0.1) is 11.3 Å². The van der Waals surface area contributed by atoms with E-state index in [4.69, 9.17) is 9.47 Å². The molecule has 3 aromatic heterocycles. The second-order valence-corrected chi connectivity index (χ2v) is 17.2. The van der Waals surface area contributed by atoms with Gasteiger partial charge in [0.25, 0.3) is 11.8 Å². The van der Waals surface area contributed by atoms with Crippen LogP contribution in [0.1, 0.15) is 74.8 Å². The van der Waals surface area contributed by atoms with Crippen molar-refractivity contribution in [3.63, 3.8) is 0 Å². The van der Waals surface area contributed by atoms with Crippen LogP contribution in [-0.2, 0) is 49.9 Å². The first kappa shape index (κ1) is 51.6. The number of nitrogens with one attached hydrogen (secondary N) is 3. The average molecular weight is 935 g/mol. The fraction of sp³-hybridized carbons (Fsp3) is 0.435. The molecule has 2 aromatic carbocycles. The van der Waals surface area contributed by atoms with Crippen molar-refractivity contribution in [2.75, 3.05) is 27.3 Å². The maximum Gasteiger partial charge on any atom is 0.324 e. The Morgan fingerprint density at radius 1 is 1.08 bits per heavy atom. The monoisotopic (exact) mass is 934 g/mol. The molecule has 5 aromatic rings. The molecule has 1 fully saturated rings. The number of phenols is 1. The molecule has 0 saturated carbocycles. The molecule has 3 amide bonds. The Hall–Kier alpha value is -5.01. The van der Waals surface area contributed by atoms with Gasteiger partial charge in [-0.1, -0.05) is 39.8 Å². The van der Waals surface area contributed by atoms with Crippen molar-refractivity contribution in [3.05, 3.63) is 89.8 Å². The molecule has 0 radical (unpaired) electrons. The summed E-state index contributed by atoms with van der Waals surface area (Å²) in [7, 11) is 3.20. The summed E-state index contributed by atoms with van der Waals surface area (Å²) in [6.07, 6.45) is 8.15. The van der Waals surface area contributed by atoms with Crippen LogP contribution in [0.2, 0.25) is 0 Å². The lowest BCUT2D eigenvalue weighted by atomic mass is 9.84. The first-order valence-electron chi connectivity index (χ1n) is 20.9. The molecular weight excluding hydrogens is 873 g/mol. The summed E-state index contributed by atoms with van der Waals surface area (Å²) in [5.74, 6) is -2.22. The maximum atomic E-state index is 14.6. The minimum absolute atomic E-state index is 0. The van der Waals surface area contributed by atoms with Crippen LogP contribution in [0.3, 0.4) is 0 Å². The highest BCUT2D eigenvalue weighted by Gasteiger charge is 2.38. The molecule has 64 heavy (non-hydrogen) atoms. The number of aromatic nitrogens is 4. The lowest BCUT2D eigenvalue weighted by Gasteiger charge is -2.36. The van der Waals surface area contributed by atoms with Crippen molar-refractivity contribution in [2.24, 2.45) is 11.3 Å². The van der Waals surface area contributed by atoms with Gasteiger partial charge >= 0.3 is 5.97 Å². The second-order valence-electron chi connectivity index (χ2n) is 17.2. The number of rotatable bonds is 9. The van der Waals surface area contributed by atoms with E-state index in [9.17, 15) is 24.3 Å². The van der Waals surface area contributed by atoms with Crippen LogP contribution in [0.15, 0.2) is 67.3 Å². The smallest absolute Gasteiger partial charge is 0.324 e. The number of H-pyrrole nitrogens is 1. The molecule has 15 nitrogen and oxygen atoms in total. The predicted octanol–water partition coefficient (Wildman–Crippen LogP) is 5.75. The number of likely N-dealkylation sites (N-methyl/N-ethyl adjacent to an activating group) is 1. The molecular formula is C46H62N8O7S3. The summed E-state index contributed by atoms with van der Waals surface area (Å²) in [6.45, 7) is 11.4. The molecule has 346 valence electrons. The standard InChI is InChI=1S/C46H56N8O7.3H2S/c1-8-53-38-12-11-29-22-33(38)34(40(53)35-24-47-14-13-30(35)25-60-7)23-46(4,5)26-61-45(59)36-10-9-17-54(51-36)43(57)37(20-28-18-31(29)21-32(55)19-28)50-42(56)39(27(2)3)52(6)44(58)41-48-15-16-49-41;;;/h11-16,18-19,21-22,24,27,36-37,39,51,55H,8-10,17,20,23,25-26H2,1-7H3,(H,48,49)(H,50,56);3*1H2/t36-,37-,39-;;;/m0.../s1. The number of pyridine rings is 1. The van der Waals surface area contributed by atoms with E-state index >= 15 is 0 Å². The Bertz CT molecular complexity index is 2440. The number of carbonyl (C=O) groups excluding carboxylic acids is 4. The number of methoxy groups -OCH3 is 1. The van der Waals surface area contributed by atoms with Crippen LogP contribution in [0.5, 0.6) is 5.75 Å². The number of hydrogen-bond acceptors (Lipinski definition) is 10. The highest BCUT2D eigenvalue weighted by atomic mass is 32.1. The van der Waals surface area contributed by atoms with E-state index in [1.54, 1.807) is 25.4 Å². The minimum Gasteiger partial charge on any atom is -0.508 e. The zero-order chi connectivity index (χ0) is 43.6. The number of phenolic OH excluding ortho intramolecular Hbond substituents is 1.